The van der Waals surface area contributed by atoms with Gasteiger partial charge in [0, 0.05) is 11.3 Å². The van der Waals surface area contributed by atoms with E-state index in [2.05, 4.69) is 32.5 Å². The fraction of sp³-hybridized carbons (Fsp3) is 0.571. The molecule has 7 heteroatoms. The Morgan fingerprint density at radius 3 is 2.89 bits per heavy atom. The quantitative estimate of drug-likeness (QED) is 0.605. The molecule has 0 spiro atoms. The average Bonchev–Trinajstić information content (AvgIpc) is 2.70. The normalized spacial score (nSPS) is 25.1. The van der Waals surface area contributed by atoms with Crippen molar-refractivity contribution in [1.29, 1.82) is 0 Å². The Hall–Kier alpha value is -2.41. The van der Waals surface area contributed by atoms with E-state index in [-0.39, 0.29) is 0 Å². The van der Waals surface area contributed by atoms with E-state index in [1.807, 2.05) is 32.0 Å². The summed E-state index contributed by atoms with van der Waals surface area (Å²) >= 11 is 0. The highest BCUT2D eigenvalue weighted by atomic mass is 16.5. The molecule has 1 aromatic heterocycles. The average molecular weight is 385 g/mol. The lowest BCUT2D eigenvalue weighted by atomic mass is 9.85. The molecule has 1 aliphatic carbocycles. The number of aromatic nitrogens is 2. The maximum Gasteiger partial charge on any atom is 0.359 e. The van der Waals surface area contributed by atoms with Crippen LogP contribution in [0.1, 0.15) is 45.2 Å². The Bertz CT molecular complexity index is 867. The lowest BCUT2D eigenvalue weighted by molar-refractivity contribution is -1.00. The second-order valence-corrected chi connectivity index (χ2v) is 7.98. The van der Waals surface area contributed by atoms with Crippen LogP contribution in [0, 0.1) is 12.8 Å². The number of fused-ring (bicyclic) bond motifs is 1. The van der Waals surface area contributed by atoms with Crippen molar-refractivity contribution in [3.63, 3.8) is 0 Å². The van der Waals surface area contributed by atoms with Crippen LogP contribution in [0.25, 0.3) is 10.9 Å². The molecule has 1 saturated carbocycles. The minimum Gasteiger partial charge on any atom is -0.494 e. The van der Waals surface area contributed by atoms with Crippen molar-refractivity contribution in [2.24, 2.45) is 5.92 Å². The van der Waals surface area contributed by atoms with Crippen molar-refractivity contribution in [2.45, 2.75) is 52.5 Å². The topological polar surface area (TPSA) is 77.5 Å². The van der Waals surface area contributed by atoms with Gasteiger partial charge in [0.1, 0.15) is 5.75 Å². The Balaban J connectivity index is 1.45. The monoisotopic (exact) mass is 384 g/mol. The fourth-order valence-corrected chi connectivity index (χ4v) is 4.49. The Morgan fingerprint density at radius 2 is 2.14 bits per heavy atom. The van der Waals surface area contributed by atoms with Gasteiger partial charge in [0.05, 0.1) is 23.9 Å². The fourth-order valence-electron chi connectivity index (χ4n) is 4.49. The van der Waals surface area contributed by atoms with E-state index < -0.39 is 0 Å². The van der Waals surface area contributed by atoms with E-state index in [0.717, 1.165) is 53.6 Å². The third-order valence-electron chi connectivity index (χ3n) is 6.03. The Kier molecular flexibility index (Phi) is 5.62. The van der Waals surface area contributed by atoms with Gasteiger partial charge in [0.2, 0.25) is 0 Å². The first-order valence-electron chi connectivity index (χ1n) is 10.5. The van der Waals surface area contributed by atoms with E-state index in [0.29, 0.717) is 12.6 Å². The number of anilines is 1. The molecule has 1 fully saturated rings. The first-order chi connectivity index (χ1) is 13.6. The van der Waals surface area contributed by atoms with E-state index in [1.54, 1.807) is 4.90 Å². The second-order valence-electron chi connectivity index (χ2n) is 7.98. The predicted octanol–water partition coefficient (Wildman–Crippen LogP) is 0.167. The zero-order valence-electron chi connectivity index (χ0n) is 17.1. The van der Waals surface area contributed by atoms with Crippen LogP contribution in [0.15, 0.2) is 18.2 Å². The van der Waals surface area contributed by atoms with Crippen molar-refractivity contribution >= 4 is 22.8 Å². The van der Waals surface area contributed by atoms with Gasteiger partial charge in [-0.05, 0) is 51.3 Å². The molecule has 1 aromatic carbocycles. The molecule has 3 atom stereocenters. The largest absolute Gasteiger partial charge is 0.494 e. The Labute approximate surface area is 166 Å². The summed E-state index contributed by atoms with van der Waals surface area (Å²) in [5.74, 6) is 3.15. The minimum absolute atomic E-state index is 0.610. The van der Waals surface area contributed by atoms with Crippen molar-refractivity contribution in [3.8, 4) is 5.75 Å². The van der Waals surface area contributed by atoms with Crippen molar-refractivity contribution in [1.82, 2.24) is 15.3 Å². The van der Waals surface area contributed by atoms with Gasteiger partial charge in [-0.25, -0.2) is 20.6 Å². The van der Waals surface area contributed by atoms with Crippen LogP contribution in [0.2, 0.25) is 0 Å². The van der Waals surface area contributed by atoms with Gasteiger partial charge in [-0.2, -0.15) is 4.98 Å². The molecule has 2 heterocycles. The number of hydrogen-bond donors (Lipinski definition) is 4. The van der Waals surface area contributed by atoms with Crippen molar-refractivity contribution in [3.05, 3.63) is 23.9 Å². The van der Waals surface area contributed by atoms with Crippen LogP contribution in [-0.4, -0.2) is 41.9 Å². The zero-order valence-corrected chi connectivity index (χ0v) is 17.1. The standard InChI is InChI=1S/C21H30N6O/c1-4-28-16-9-10-18-17(11-16)15(3)24-21(25-18)26-20-22-12-27(13-23-20)19-8-6-5-7-14(19)2/h9-11,14,19H,4-8,12-13H2,1-3H3,(H2,22,23,24,25,26)/p+2/t14-,19+/m0/s1. The molecular weight excluding hydrogens is 352 g/mol. The third kappa shape index (κ3) is 4.04. The molecule has 0 bridgehead atoms. The summed E-state index contributed by atoms with van der Waals surface area (Å²) in [5, 5.41) is 7.82. The SMILES string of the molecule is CCOc1ccc2nc(NC3=[NH+]C[NH+]([C@@H]4CCCC[C@@H]4C)CN3)nc(C)c2c1. The van der Waals surface area contributed by atoms with Crippen LogP contribution in [0.5, 0.6) is 5.75 Å². The van der Waals surface area contributed by atoms with Crippen LogP contribution in [0.3, 0.4) is 0 Å². The number of benzene rings is 1. The maximum absolute atomic E-state index is 5.59. The number of guanidine groups is 1. The molecular formula is C21H32N6O+2. The highest BCUT2D eigenvalue weighted by Gasteiger charge is 2.33. The summed E-state index contributed by atoms with van der Waals surface area (Å²) in [6, 6.07) is 6.70. The van der Waals surface area contributed by atoms with Gasteiger partial charge in [-0.1, -0.05) is 13.3 Å². The lowest BCUT2D eigenvalue weighted by Gasteiger charge is -2.35. The summed E-state index contributed by atoms with van der Waals surface area (Å²) in [6.45, 7) is 8.90. The number of nitrogens with zero attached hydrogens (tertiary/aromatic N) is 2. The van der Waals surface area contributed by atoms with E-state index >= 15 is 0 Å². The molecule has 0 amide bonds. The number of hydrogen-bond acceptors (Lipinski definition) is 5. The van der Waals surface area contributed by atoms with Gasteiger partial charge in [-0.3, -0.25) is 4.90 Å². The summed E-state index contributed by atoms with van der Waals surface area (Å²) in [6.07, 6.45) is 5.44. The van der Waals surface area contributed by atoms with Gasteiger partial charge in [0.15, 0.2) is 13.3 Å². The molecule has 1 aliphatic heterocycles. The zero-order chi connectivity index (χ0) is 19.5. The van der Waals surface area contributed by atoms with Crippen LogP contribution in [0.4, 0.5) is 5.95 Å². The van der Waals surface area contributed by atoms with Gasteiger partial charge in [0.25, 0.3) is 5.95 Å². The van der Waals surface area contributed by atoms with Crippen molar-refractivity contribution in [2.75, 3.05) is 25.3 Å². The number of quaternary nitrogens is 1. The van der Waals surface area contributed by atoms with Crippen LogP contribution < -0.4 is 25.3 Å². The van der Waals surface area contributed by atoms with Crippen LogP contribution >= 0.6 is 0 Å². The summed E-state index contributed by atoms with van der Waals surface area (Å²) in [4.78, 5) is 14.4. The van der Waals surface area contributed by atoms with Crippen LogP contribution in [-0.2, 0) is 0 Å². The molecule has 7 nitrogen and oxygen atoms in total. The summed E-state index contributed by atoms with van der Waals surface area (Å²) in [7, 11) is 0. The summed E-state index contributed by atoms with van der Waals surface area (Å²) in [5.41, 5.74) is 1.85. The number of nitrogens with one attached hydrogen (secondary N) is 4. The summed E-state index contributed by atoms with van der Waals surface area (Å²) < 4.78 is 5.59. The lowest BCUT2D eigenvalue weighted by Crippen LogP contribution is -3.27. The number of ether oxygens (including phenoxy) is 1. The predicted molar refractivity (Wildman–Crippen MR) is 110 cm³/mol. The molecule has 4 rings (SSSR count). The Morgan fingerprint density at radius 1 is 1.29 bits per heavy atom. The second kappa shape index (κ2) is 8.31. The number of rotatable bonds is 4. The first-order valence-corrected chi connectivity index (χ1v) is 10.5. The molecule has 0 radical (unpaired) electrons. The highest BCUT2D eigenvalue weighted by molar-refractivity contribution is 5.89. The van der Waals surface area contributed by atoms with Gasteiger partial charge in [-0.15, -0.1) is 0 Å². The molecule has 150 valence electrons. The third-order valence-corrected chi connectivity index (χ3v) is 6.03. The maximum atomic E-state index is 5.59. The highest BCUT2D eigenvalue weighted by Crippen LogP contribution is 2.23. The van der Waals surface area contributed by atoms with Gasteiger partial charge < -0.3 is 4.74 Å². The van der Waals surface area contributed by atoms with E-state index in [9.17, 15) is 0 Å². The molecule has 0 saturated heterocycles. The minimum atomic E-state index is 0.610. The number of aryl methyl sites for hydroxylation is 1. The van der Waals surface area contributed by atoms with Crippen molar-refractivity contribution < 1.29 is 14.6 Å². The molecule has 28 heavy (non-hydrogen) atoms. The first kappa shape index (κ1) is 18.9. The molecule has 2 aliphatic rings. The molecule has 1 unspecified atom stereocenters. The van der Waals surface area contributed by atoms with E-state index in [4.69, 9.17) is 4.74 Å². The van der Waals surface area contributed by atoms with Gasteiger partial charge >= 0.3 is 5.96 Å². The smallest absolute Gasteiger partial charge is 0.359 e. The van der Waals surface area contributed by atoms with E-state index in [1.165, 1.54) is 25.7 Å². The molecule has 4 N–H and O–H groups in total. The molecule has 2 aromatic rings.